The third-order valence-corrected chi connectivity index (χ3v) is 5.95. The van der Waals surface area contributed by atoms with Crippen molar-refractivity contribution in [1.29, 1.82) is 0 Å². The Balaban J connectivity index is 1.41. The lowest BCUT2D eigenvalue weighted by Gasteiger charge is -2.38. The number of anilines is 1. The van der Waals surface area contributed by atoms with Crippen LogP contribution in [0.1, 0.15) is 32.6 Å². The number of piperidine rings is 1. The van der Waals surface area contributed by atoms with E-state index in [1.54, 1.807) is 10.9 Å². The highest BCUT2D eigenvalue weighted by atomic mass is 16.2. The smallest absolute Gasteiger partial charge is 0.241 e. The minimum absolute atomic E-state index is 0.00321. The molecular formula is C21H29N5O. The maximum atomic E-state index is 13.0. The lowest BCUT2D eigenvalue weighted by molar-refractivity contribution is -0.121. The molecule has 2 saturated heterocycles. The Morgan fingerprint density at radius 2 is 2.04 bits per heavy atom. The van der Waals surface area contributed by atoms with Gasteiger partial charge < -0.3 is 10.2 Å². The zero-order valence-electron chi connectivity index (χ0n) is 16.1. The molecule has 0 bridgehead atoms. The molecule has 2 aliphatic rings. The second kappa shape index (κ2) is 8.23. The summed E-state index contributed by atoms with van der Waals surface area (Å²) in [5.74, 6) is 0.128. The fourth-order valence-corrected chi connectivity index (χ4v) is 4.45. The second-order valence-corrected chi connectivity index (χ2v) is 7.55. The van der Waals surface area contributed by atoms with Crippen molar-refractivity contribution in [2.75, 3.05) is 31.5 Å². The van der Waals surface area contributed by atoms with E-state index in [0.717, 1.165) is 50.4 Å². The first-order valence-electron chi connectivity index (χ1n) is 10.1. The van der Waals surface area contributed by atoms with Gasteiger partial charge in [0.05, 0.1) is 11.7 Å². The van der Waals surface area contributed by atoms with E-state index in [1.807, 2.05) is 36.5 Å². The Hall–Kier alpha value is -2.18. The Morgan fingerprint density at radius 1 is 1.19 bits per heavy atom. The summed E-state index contributed by atoms with van der Waals surface area (Å²) < 4.78 is 1.80. The number of likely N-dealkylation sites (tertiary alicyclic amines) is 2. The molecule has 0 aliphatic carbocycles. The molecule has 0 radical (unpaired) electrons. The van der Waals surface area contributed by atoms with Gasteiger partial charge in [-0.1, -0.05) is 13.0 Å². The number of nitrogens with zero attached hydrogens (tertiary/aromatic N) is 4. The molecule has 4 rings (SSSR count). The summed E-state index contributed by atoms with van der Waals surface area (Å²) in [7, 11) is 0. The van der Waals surface area contributed by atoms with Crippen LogP contribution in [0.5, 0.6) is 0 Å². The average Bonchev–Trinajstić information content (AvgIpc) is 3.40. The Morgan fingerprint density at radius 3 is 2.78 bits per heavy atom. The second-order valence-electron chi connectivity index (χ2n) is 7.55. The van der Waals surface area contributed by atoms with Crippen LogP contribution in [0.2, 0.25) is 0 Å². The minimum Gasteiger partial charge on any atom is -0.325 e. The van der Waals surface area contributed by atoms with E-state index in [0.29, 0.717) is 6.04 Å². The number of rotatable bonds is 5. The first-order valence-corrected chi connectivity index (χ1v) is 10.1. The van der Waals surface area contributed by atoms with Crippen molar-refractivity contribution in [1.82, 2.24) is 19.6 Å². The quantitative estimate of drug-likeness (QED) is 0.883. The van der Waals surface area contributed by atoms with Gasteiger partial charge in [0.15, 0.2) is 0 Å². The van der Waals surface area contributed by atoms with Crippen LogP contribution in [0.3, 0.4) is 0 Å². The van der Waals surface area contributed by atoms with Crippen LogP contribution < -0.4 is 5.32 Å². The zero-order chi connectivity index (χ0) is 18.6. The Labute approximate surface area is 161 Å². The molecule has 0 saturated carbocycles. The standard InChI is InChI=1S/C21H29N5O/c1-2-24-14-9-18(10-15-24)25-12-4-8-20(25)21(27)23-17-6-3-7-19(16-17)26-13-5-11-22-26/h3,5-7,11,13,16,18,20H,2,4,8-10,12,14-15H2,1H3,(H,23,27). The third kappa shape index (κ3) is 4.06. The number of hydrogen-bond donors (Lipinski definition) is 1. The predicted octanol–water partition coefficient (Wildman–Crippen LogP) is 2.76. The first-order chi connectivity index (χ1) is 13.2. The molecular weight excluding hydrogens is 338 g/mol. The summed E-state index contributed by atoms with van der Waals surface area (Å²) in [5, 5.41) is 7.41. The highest BCUT2D eigenvalue weighted by molar-refractivity contribution is 5.95. The molecule has 2 aliphatic heterocycles. The van der Waals surface area contributed by atoms with E-state index in [2.05, 4.69) is 27.1 Å². The minimum atomic E-state index is -0.00321. The zero-order valence-corrected chi connectivity index (χ0v) is 16.1. The molecule has 27 heavy (non-hydrogen) atoms. The van der Waals surface area contributed by atoms with Gasteiger partial charge >= 0.3 is 0 Å². The molecule has 144 valence electrons. The predicted molar refractivity (Wildman–Crippen MR) is 107 cm³/mol. The molecule has 1 amide bonds. The lowest BCUT2D eigenvalue weighted by atomic mass is 10.0. The number of aromatic nitrogens is 2. The lowest BCUT2D eigenvalue weighted by Crippen LogP contribution is -2.50. The molecule has 3 heterocycles. The number of amides is 1. The summed E-state index contributed by atoms with van der Waals surface area (Å²) >= 11 is 0. The average molecular weight is 367 g/mol. The Kier molecular flexibility index (Phi) is 5.55. The molecule has 6 heteroatoms. The molecule has 1 aromatic carbocycles. The van der Waals surface area contributed by atoms with Gasteiger partial charge in [-0.3, -0.25) is 9.69 Å². The normalized spacial score (nSPS) is 22.2. The van der Waals surface area contributed by atoms with Crippen LogP contribution in [0.25, 0.3) is 5.69 Å². The van der Waals surface area contributed by atoms with Crippen LogP contribution in [0.4, 0.5) is 5.69 Å². The first kappa shape index (κ1) is 18.2. The van der Waals surface area contributed by atoms with Gasteiger partial charge in [-0.15, -0.1) is 0 Å². The molecule has 1 aromatic heterocycles. The van der Waals surface area contributed by atoms with Crippen LogP contribution >= 0.6 is 0 Å². The summed E-state index contributed by atoms with van der Waals surface area (Å²) in [6, 6.07) is 10.3. The van der Waals surface area contributed by atoms with Crippen LogP contribution in [-0.4, -0.2) is 63.8 Å². The van der Waals surface area contributed by atoms with Crippen molar-refractivity contribution in [2.45, 2.75) is 44.7 Å². The maximum absolute atomic E-state index is 13.0. The van der Waals surface area contributed by atoms with Crippen molar-refractivity contribution in [2.24, 2.45) is 0 Å². The van der Waals surface area contributed by atoms with Gasteiger partial charge in [0.1, 0.15) is 0 Å². The topological polar surface area (TPSA) is 53.4 Å². The summed E-state index contributed by atoms with van der Waals surface area (Å²) in [5.41, 5.74) is 1.79. The van der Waals surface area contributed by atoms with E-state index >= 15 is 0 Å². The number of carbonyl (C=O) groups is 1. The molecule has 2 aromatic rings. The van der Waals surface area contributed by atoms with Crippen molar-refractivity contribution in [3.8, 4) is 5.69 Å². The van der Waals surface area contributed by atoms with Gasteiger partial charge in [0, 0.05) is 24.1 Å². The molecule has 1 atom stereocenters. The van der Waals surface area contributed by atoms with E-state index in [4.69, 9.17) is 0 Å². The van der Waals surface area contributed by atoms with E-state index in [9.17, 15) is 4.79 Å². The highest BCUT2D eigenvalue weighted by Gasteiger charge is 2.36. The highest BCUT2D eigenvalue weighted by Crippen LogP contribution is 2.27. The maximum Gasteiger partial charge on any atom is 0.241 e. The van der Waals surface area contributed by atoms with Crippen LogP contribution in [0.15, 0.2) is 42.7 Å². The van der Waals surface area contributed by atoms with Gasteiger partial charge in [0.2, 0.25) is 5.91 Å². The number of nitrogens with one attached hydrogen (secondary N) is 1. The molecule has 0 spiro atoms. The fraction of sp³-hybridized carbons (Fsp3) is 0.524. The van der Waals surface area contributed by atoms with Crippen molar-refractivity contribution in [3.05, 3.63) is 42.7 Å². The largest absolute Gasteiger partial charge is 0.325 e. The summed E-state index contributed by atoms with van der Waals surface area (Å²) in [6.07, 6.45) is 8.07. The number of hydrogen-bond acceptors (Lipinski definition) is 4. The molecule has 2 fully saturated rings. The molecule has 1 unspecified atom stereocenters. The monoisotopic (exact) mass is 367 g/mol. The van der Waals surface area contributed by atoms with Gasteiger partial charge in [0.25, 0.3) is 0 Å². The molecule has 6 nitrogen and oxygen atoms in total. The fourth-order valence-electron chi connectivity index (χ4n) is 4.45. The van der Waals surface area contributed by atoms with Crippen molar-refractivity contribution in [3.63, 3.8) is 0 Å². The number of carbonyl (C=O) groups excluding carboxylic acids is 1. The van der Waals surface area contributed by atoms with Gasteiger partial charge in [-0.05, 0) is 76.1 Å². The SMILES string of the molecule is CCN1CCC(N2CCCC2C(=O)Nc2cccc(-n3cccn3)c2)CC1. The summed E-state index contributed by atoms with van der Waals surface area (Å²) in [6.45, 7) is 6.70. The van der Waals surface area contributed by atoms with Crippen molar-refractivity contribution < 1.29 is 4.79 Å². The Bertz CT molecular complexity index is 752. The van der Waals surface area contributed by atoms with Gasteiger partial charge in [-0.2, -0.15) is 5.10 Å². The van der Waals surface area contributed by atoms with E-state index < -0.39 is 0 Å². The van der Waals surface area contributed by atoms with Crippen LogP contribution in [-0.2, 0) is 4.79 Å². The van der Waals surface area contributed by atoms with Crippen molar-refractivity contribution >= 4 is 11.6 Å². The third-order valence-electron chi connectivity index (χ3n) is 5.95. The van der Waals surface area contributed by atoms with E-state index in [1.165, 1.54) is 12.8 Å². The number of benzene rings is 1. The van der Waals surface area contributed by atoms with Gasteiger partial charge in [-0.25, -0.2) is 4.68 Å². The van der Waals surface area contributed by atoms with E-state index in [-0.39, 0.29) is 11.9 Å². The van der Waals surface area contributed by atoms with Crippen LogP contribution in [0, 0.1) is 0 Å². The molecule has 1 N–H and O–H groups in total. The summed E-state index contributed by atoms with van der Waals surface area (Å²) in [4.78, 5) is 18.0.